The molecule has 2 heterocycles. The van der Waals surface area contributed by atoms with Gasteiger partial charge in [0, 0.05) is 18.8 Å². The molecule has 0 bridgehead atoms. The number of carbonyl (C=O) groups excluding carboxylic acids is 1. The molecule has 0 saturated heterocycles. The molecule has 1 saturated carbocycles. The first-order chi connectivity index (χ1) is 10.1. The van der Waals surface area contributed by atoms with Crippen molar-refractivity contribution in [3.8, 4) is 0 Å². The van der Waals surface area contributed by atoms with Gasteiger partial charge < -0.3 is 15.2 Å². The average molecular weight is 302 g/mol. The number of rotatable bonds is 2. The van der Waals surface area contributed by atoms with E-state index < -0.39 is 0 Å². The number of hydrogen-bond acceptors (Lipinski definition) is 2. The molecule has 5 heteroatoms. The summed E-state index contributed by atoms with van der Waals surface area (Å²) in [5.74, 6) is -0.00884. The van der Waals surface area contributed by atoms with E-state index in [1.165, 1.54) is 0 Å². The molecule has 1 aromatic carbocycles. The van der Waals surface area contributed by atoms with E-state index in [2.05, 4.69) is 0 Å². The van der Waals surface area contributed by atoms with Crippen LogP contribution in [0.15, 0.2) is 30.5 Å². The molecule has 2 N–H and O–H groups in total. The Morgan fingerprint density at radius 1 is 1.33 bits per heavy atom. The molecule has 21 heavy (non-hydrogen) atoms. The molecular weight excluding hydrogens is 286 g/mol. The lowest BCUT2D eigenvalue weighted by Gasteiger charge is -2.20. The molecule has 1 aliphatic heterocycles. The number of carbonyl (C=O) groups is 1. The number of anilines is 2. The second kappa shape index (κ2) is 4.53. The minimum absolute atomic E-state index is 0.00884. The molecule has 2 aliphatic rings. The van der Waals surface area contributed by atoms with Crippen LogP contribution >= 0.6 is 11.6 Å². The summed E-state index contributed by atoms with van der Waals surface area (Å²) in [5.41, 5.74) is 9.39. The van der Waals surface area contributed by atoms with Crippen molar-refractivity contribution < 1.29 is 4.79 Å². The van der Waals surface area contributed by atoms with Crippen LogP contribution in [0.1, 0.15) is 34.9 Å². The number of para-hydroxylation sites is 1. The van der Waals surface area contributed by atoms with Crippen LogP contribution in [-0.2, 0) is 6.42 Å². The first-order valence-corrected chi connectivity index (χ1v) is 7.59. The van der Waals surface area contributed by atoms with Crippen LogP contribution in [0.2, 0.25) is 5.02 Å². The van der Waals surface area contributed by atoms with E-state index in [1.807, 2.05) is 29.0 Å². The zero-order valence-corrected chi connectivity index (χ0v) is 12.3. The maximum absolute atomic E-state index is 12.9. The van der Waals surface area contributed by atoms with Crippen molar-refractivity contribution in [2.75, 3.05) is 17.2 Å². The van der Waals surface area contributed by atoms with Gasteiger partial charge in [0.15, 0.2) is 0 Å². The van der Waals surface area contributed by atoms with Gasteiger partial charge in [0.05, 0.1) is 16.4 Å². The van der Waals surface area contributed by atoms with E-state index in [9.17, 15) is 4.79 Å². The first-order valence-electron chi connectivity index (χ1n) is 7.22. The summed E-state index contributed by atoms with van der Waals surface area (Å²) in [5, 5.41) is 0.616. The van der Waals surface area contributed by atoms with E-state index in [0.717, 1.165) is 30.5 Å². The highest BCUT2D eigenvalue weighted by atomic mass is 35.5. The Morgan fingerprint density at radius 3 is 2.90 bits per heavy atom. The molecule has 2 aromatic rings. The number of amides is 1. The fourth-order valence-corrected chi connectivity index (χ4v) is 3.31. The lowest BCUT2D eigenvalue weighted by atomic mass is 10.1. The van der Waals surface area contributed by atoms with Crippen molar-refractivity contribution in [3.05, 3.63) is 46.7 Å². The van der Waals surface area contributed by atoms with Crippen molar-refractivity contribution in [1.82, 2.24) is 4.57 Å². The van der Waals surface area contributed by atoms with E-state index in [4.69, 9.17) is 17.3 Å². The van der Waals surface area contributed by atoms with Crippen LogP contribution in [0, 0.1) is 0 Å². The lowest BCUT2D eigenvalue weighted by molar-refractivity contribution is 0.0980. The monoisotopic (exact) mass is 301 g/mol. The van der Waals surface area contributed by atoms with Crippen LogP contribution in [0.4, 0.5) is 11.4 Å². The van der Waals surface area contributed by atoms with Crippen molar-refractivity contribution in [2.24, 2.45) is 0 Å². The highest BCUT2D eigenvalue weighted by Gasteiger charge is 2.33. The number of hydrogen-bond donors (Lipinski definition) is 1. The first kappa shape index (κ1) is 12.8. The fraction of sp³-hybridized carbons (Fsp3) is 0.312. The summed E-state index contributed by atoms with van der Waals surface area (Å²) < 4.78 is 2.02. The Labute approximate surface area is 128 Å². The van der Waals surface area contributed by atoms with Gasteiger partial charge in [-0.2, -0.15) is 0 Å². The number of aromatic nitrogens is 1. The van der Waals surface area contributed by atoms with Crippen LogP contribution in [0.25, 0.3) is 0 Å². The van der Waals surface area contributed by atoms with Gasteiger partial charge in [0.1, 0.15) is 5.69 Å². The summed E-state index contributed by atoms with van der Waals surface area (Å²) >= 11 is 6.10. The predicted molar refractivity (Wildman–Crippen MR) is 83.9 cm³/mol. The van der Waals surface area contributed by atoms with Gasteiger partial charge in [-0.3, -0.25) is 4.79 Å². The molecule has 1 amide bonds. The predicted octanol–water partition coefficient (Wildman–Crippen LogP) is 3.26. The Hall–Kier alpha value is -1.94. The van der Waals surface area contributed by atoms with Crippen LogP contribution in [0.5, 0.6) is 0 Å². The zero-order chi connectivity index (χ0) is 14.6. The third kappa shape index (κ3) is 2.02. The Kier molecular flexibility index (Phi) is 2.76. The summed E-state index contributed by atoms with van der Waals surface area (Å²) in [6.07, 6.45) is 4.94. The van der Waals surface area contributed by atoms with Crippen LogP contribution < -0.4 is 10.6 Å². The molecule has 0 unspecified atom stereocenters. The van der Waals surface area contributed by atoms with Gasteiger partial charge in [-0.1, -0.05) is 23.7 Å². The van der Waals surface area contributed by atoms with Crippen molar-refractivity contribution >= 4 is 28.9 Å². The summed E-state index contributed by atoms with van der Waals surface area (Å²) in [6.45, 7) is 0.676. The van der Waals surface area contributed by atoms with Crippen LogP contribution in [-0.4, -0.2) is 17.0 Å². The van der Waals surface area contributed by atoms with E-state index in [1.54, 1.807) is 11.0 Å². The minimum Gasteiger partial charge on any atom is -0.397 e. The average Bonchev–Trinajstić information content (AvgIpc) is 3.09. The van der Waals surface area contributed by atoms with Crippen molar-refractivity contribution in [3.63, 3.8) is 0 Å². The zero-order valence-electron chi connectivity index (χ0n) is 11.6. The van der Waals surface area contributed by atoms with E-state index >= 15 is 0 Å². The van der Waals surface area contributed by atoms with Gasteiger partial charge in [-0.15, -0.1) is 0 Å². The second-order valence-electron chi connectivity index (χ2n) is 5.74. The van der Waals surface area contributed by atoms with Crippen LogP contribution in [0.3, 0.4) is 0 Å². The highest BCUT2D eigenvalue weighted by molar-refractivity contribution is 6.31. The number of fused-ring (bicyclic) bond motifs is 1. The maximum atomic E-state index is 12.9. The Morgan fingerprint density at radius 2 is 2.14 bits per heavy atom. The smallest absolute Gasteiger partial charge is 0.275 e. The Bertz CT molecular complexity index is 733. The van der Waals surface area contributed by atoms with Gasteiger partial charge in [-0.05, 0) is 37.0 Å². The third-order valence-electron chi connectivity index (χ3n) is 4.25. The Balaban J connectivity index is 1.74. The summed E-state index contributed by atoms with van der Waals surface area (Å²) in [6, 6.07) is 8.00. The third-order valence-corrected chi connectivity index (χ3v) is 4.45. The van der Waals surface area contributed by atoms with Crippen molar-refractivity contribution in [2.45, 2.75) is 25.3 Å². The lowest BCUT2D eigenvalue weighted by Crippen LogP contribution is -2.31. The maximum Gasteiger partial charge on any atom is 0.275 e. The topological polar surface area (TPSA) is 51.3 Å². The van der Waals surface area contributed by atoms with Gasteiger partial charge in [0.25, 0.3) is 5.91 Å². The number of halogens is 1. The molecule has 4 rings (SSSR count). The van der Waals surface area contributed by atoms with E-state index in [0.29, 0.717) is 29.0 Å². The minimum atomic E-state index is -0.00884. The fourth-order valence-electron chi connectivity index (χ4n) is 3.10. The number of nitrogens with two attached hydrogens (primary N) is 1. The normalized spacial score (nSPS) is 17.1. The second-order valence-corrected chi connectivity index (χ2v) is 6.18. The van der Waals surface area contributed by atoms with E-state index in [-0.39, 0.29) is 5.91 Å². The molecule has 4 nitrogen and oxygen atoms in total. The molecule has 1 aliphatic carbocycles. The standard InChI is InChI=1S/C16H16ClN3O/c17-11-8-14(20(9-11)12-4-5-12)16(21)19-7-6-10-2-1-3-13(18)15(10)19/h1-3,8-9,12H,4-7,18H2. The molecule has 108 valence electrons. The molecule has 0 radical (unpaired) electrons. The molecule has 0 spiro atoms. The molecule has 1 aromatic heterocycles. The SMILES string of the molecule is Nc1cccc2c1N(C(=O)c1cc(Cl)cn1C1CC1)CC2. The quantitative estimate of drug-likeness (QED) is 0.866. The van der Waals surface area contributed by atoms with Gasteiger partial charge >= 0.3 is 0 Å². The number of nitrogens with zero attached hydrogens (tertiary/aromatic N) is 2. The largest absolute Gasteiger partial charge is 0.397 e. The van der Waals surface area contributed by atoms with Gasteiger partial charge in [-0.25, -0.2) is 0 Å². The molecule has 1 fully saturated rings. The number of benzene rings is 1. The molecular formula is C16H16ClN3O. The van der Waals surface area contributed by atoms with Crippen molar-refractivity contribution in [1.29, 1.82) is 0 Å². The highest BCUT2D eigenvalue weighted by Crippen LogP contribution is 2.39. The van der Waals surface area contributed by atoms with Gasteiger partial charge in [0.2, 0.25) is 0 Å². The number of nitrogen functional groups attached to an aromatic ring is 1. The molecule has 0 atom stereocenters. The summed E-state index contributed by atoms with van der Waals surface area (Å²) in [4.78, 5) is 14.7. The summed E-state index contributed by atoms with van der Waals surface area (Å²) in [7, 11) is 0.